The van der Waals surface area contributed by atoms with Gasteiger partial charge >= 0.3 is 5.91 Å². The number of oxazole rings is 1. The Morgan fingerprint density at radius 1 is 1.09 bits per heavy atom. The van der Waals surface area contributed by atoms with Gasteiger partial charge in [0, 0.05) is 11.6 Å². The quantitative estimate of drug-likeness (QED) is 0.387. The van der Waals surface area contributed by atoms with E-state index in [1.54, 1.807) is 36.4 Å². The van der Waals surface area contributed by atoms with Crippen molar-refractivity contribution >= 4 is 52.0 Å². The Balaban J connectivity index is 1.67. The number of carbonyl (C=O) groups excluding carboxylic acids is 3. The number of aromatic nitrogens is 1. The normalized spacial score (nSPS) is 15.1. The summed E-state index contributed by atoms with van der Waals surface area (Å²) in [6.45, 7) is 2.17. The molecule has 0 radical (unpaired) electrons. The highest BCUT2D eigenvalue weighted by Crippen LogP contribution is 2.32. The van der Waals surface area contributed by atoms with Crippen molar-refractivity contribution in [2.45, 2.75) is 57.4 Å². The number of nitrogens with zero attached hydrogens (tertiary/aromatic N) is 2. The molecule has 1 aromatic heterocycles. The fraction of sp³-hybridized carbons (Fsp3) is 0.385. The Kier molecular flexibility index (Phi) is 7.77. The van der Waals surface area contributed by atoms with Crippen LogP contribution in [0.15, 0.2) is 46.9 Å². The molecule has 184 valence electrons. The van der Waals surface area contributed by atoms with Crippen LogP contribution < -0.4 is 5.32 Å². The van der Waals surface area contributed by atoms with E-state index >= 15 is 0 Å². The molecule has 0 spiro atoms. The molecule has 1 aliphatic rings. The molecule has 0 atom stereocenters. The zero-order valence-electron chi connectivity index (χ0n) is 19.5. The van der Waals surface area contributed by atoms with Crippen molar-refractivity contribution in [1.82, 2.24) is 15.2 Å². The molecule has 4 rings (SSSR count). The van der Waals surface area contributed by atoms with Crippen molar-refractivity contribution < 1.29 is 18.8 Å². The van der Waals surface area contributed by atoms with Crippen LogP contribution in [0.4, 0.5) is 0 Å². The molecule has 0 saturated heterocycles. The van der Waals surface area contributed by atoms with Gasteiger partial charge in [-0.25, -0.2) is 4.98 Å². The van der Waals surface area contributed by atoms with Gasteiger partial charge < -0.3 is 9.73 Å². The third-order valence-corrected chi connectivity index (χ3v) is 6.91. The summed E-state index contributed by atoms with van der Waals surface area (Å²) in [6, 6.07) is 11.6. The van der Waals surface area contributed by atoms with Gasteiger partial charge in [-0.2, -0.15) is 0 Å². The van der Waals surface area contributed by atoms with E-state index in [1.807, 2.05) is 6.92 Å². The van der Waals surface area contributed by atoms with Gasteiger partial charge in [0.25, 0.3) is 17.7 Å². The Labute approximate surface area is 213 Å². The molecule has 3 aromatic rings. The first-order valence-electron chi connectivity index (χ1n) is 11.8. The van der Waals surface area contributed by atoms with Gasteiger partial charge in [-0.05, 0) is 49.6 Å². The third kappa shape index (κ3) is 5.36. The summed E-state index contributed by atoms with van der Waals surface area (Å²) >= 11 is 12.3. The molecule has 35 heavy (non-hydrogen) atoms. The van der Waals surface area contributed by atoms with Crippen LogP contribution in [0.3, 0.4) is 0 Å². The van der Waals surface area contributed by atoms with Gasteiger partial charge in [0.05, 0.1) is 10.6 Å². The Bertz CT molecular complexity index is 1220. The van der Waals surface area contributed by atoms with Gasteiger partial charge in [-0.3, -0.25) is 19.3 Å². The van der Waals surface area contributed by atoms with Crippen molar-refractivity contribution in [2.75, 3.05) is 6.54 Å². The lowest BCUT2D eigenvalue weighted by Gasteiger charge is -2.39. The van der Waals surface area contributed by atoms with E-state index in [-0.39, 0.29) is 23.0 Å². The largest absolute Gasteiger partial charge is 0.432 e. The lowest BCUT2D eigenvalue weighted by Crippen LogP contribution is -2.61. The summed E-state index contributed by atoms with van der Waals surface area (Å²) < 4.78 is 5.67. The average Bonchev–Trinajstić information content (AvgIpc) is 3.30. The number of benzene rings is 2. The van der Waals surface area contributed by atoms with Crippen molar-refractivity contribution in [3.63, 3.8) is 0 Å². The Morgan fingerprint density at radius 3 is 2.54 bits per heavy atom. The fourth-order valence-corrected chi connectivity index (χ4v) is 4.83. The second-order valence-corrected chi connectivity index (χ2v) is 9.67. The minimum atomic E-state index is -1.24. The zero-order chi connectivity index (χ0) is 25.0. The number of para-hydroxylation sites is 2. The molecule has 0 aliphatic heterocycles. The maximum atomic E-state index is 14.0. The number of carbonyl (C=O) groups is 3. The van der Waals surface area contributed by atoms with Crippen LogP contribution in [-0.2, 0) is 4.79 Å². The predicted molar refractivity (Wildman–Crippen MR) is 135 cm³/mol. The van der Waals surface area contributed by atoms with Crippen LogP contribution in [0.1, 0.15) is 72.9 Å². The van der Waals surface area contributed by atoms with E-state index in [4.69, 9.17) is 27.6 Å². The minimum absolute atomic E-state index is 0.147. The van der Waals surface area contributed by atoms with Gasteiger partial charge in [0.15, 0.2) is 5.58 Å². The molecule has 7 nitrogen and oxygen atoms in total. The summed E-state index contributed by atoms with van der Waals surface area (Å²) in [5, 5.41) is 3.52. The molecule has 1 fully saturated rings. The summed E-state index contributed by atoms with van der Waals surface area (Å²) in [5.74, 6) is -1.72. The van der Waals surface area contributed by atoms with Crippen LogP contribution >= 0.6 is 23.2 Å². The van der Waals surface area contributed by atoms with Crippen LogP contribution in [0.5, 0.6) is 0 Å². The summed E-state index contributed by atoms with van der Waals surface area (Å²) in [7, 11) is 0. The van der Waals surface area contributed by atoms with Crippen molar-refractivity contribution in [3.05, 3.63) is 64.0 Å². The minimum Gasteiger partial charge on any atom is -0.432 e. The lowest BCUT2D eigenvalue weighted by molar-refractivity contribution is -0.137. The Hall–Kier alpha value is -2.90. The lowest BCUT2D eigenvalue weighted by atomic mass is 9.80. The third-order valence-electron chi connectivity index (χ3n) is 6.34. The number of hydrogen-bond acceptors (Lipinski definition) is 5. The summed E-state index contributed by atoms with van der Waals surface area (Å²) in [5.41, 5.74) is -0.0523. The Morgan fingerprint density at radius 2 is 1.83 bits per heavy atom. The molecule has 0 bridgehead atoms. The highest BCUT2D eigenvalue weighted by molar-refractivity contribution is 6.35. The molecular formula is C26H27Cl2N3O4. The van der Waals surface area contributed by atoms with E-state index in [0.717, 1.165) is 25.7 Å². The number of halogens is 2. The first kappa shape index (κ1) is 25.2. The SMILES string of the molecule is CCCCN(C(=O)c1nc2ccccc2o1)C(=O)C1(NC(=O)c2cc(Cl)ccc2Cl)CCCCC1. The zero-order valence-corrected chi connectivity index (χ0v) is 21.0. The fourth-order valence-electron chi connectivity index (χ4n) is 4.45. The van der Waals surface area contributed by atoms with Crippen LogP contribution in [0.2, 0.25) is 10.0 Å². The smallest absolute Gasteiger partial charge is 0.316 e. The second-order valence-electron chi connectivity index (χ2n) is 8.82. The average molecular weight is 516 g/mol. The first-order valence-corrected chi connectivity index (χ1v) is 12.6. The number of rotatable bonds is 7. The van der Waals surface area contributed by atoms with E-state index in [9.17, 15) is 14.4 Å². The predicted octanol–water partition coefficient (Wildman–Crippen LogP) is 6.04. The van der Waals surface area contributed by atoms with E-state index in [1.165, 1.54) is 11.0 Å². The second kappa shape index (κ2) is 10.8. The number of hydrogen-bond donors (Lipinski definition) is 1. The number of fused-ring (bicyclic) bond motifs is 1. The number of nitrogens with one attached hydrogen (secondary N) is 1. The molecule has 1 N–H and O–H groups in total. The maximum Gasteiger partial charge on any atom is 0.316 e. The summed E-state index contributed by atoms with van der Waals surface area (Å²) in [4.78, 5) is 46.3. The van der Waals surface area contributed by atoms with Crippen LogP contribution in [0, 0.1) is 0 Å². The van der Waals surface area contributed by atoms with Crippen LogP contribution in [-0.4, -0.2) is 39.7 Å². The number of imide groups is 1. The number of amides is 3. The van der Waals surface area contributed by atoms with Crippen molar-refractivity contribution in [1.29, 1.82) is 0 Å². The molecule has 3 amide bonds. The highest BCUT2D eigenvalue weighted by atomic mass is 35.5. The molecule has 9 heteroatoms. The maximum absolute atomic E-state index is 14.0. The standard InChI is InChI=1S/C26H27Cl2N3O4/c1-2-3-15-31(24(33)23-29-20-9-5-6-10-21(20)35-23)25(34)26(13-7-4-8-14-26)30-22(32)18-16-17(27)11-12-19(18)28/h5-6,9-12,16H,2-4,7-8,13-15H2,1H3,(H,30,32). The van der Waals surface area contributed by atoms with E-state index in [2.05, 4.69) is 10.3 Å². The van der Waals surface area contributed by atoms with Gasteiger partial charge in [-0.1, -0.05) is 67.9 Å². The molecule has 2 aromatic carbocycles. The highest BCUT2D eigenvalue weighted by Gasteiger charge is 2.46. The van der Waals surface area contributed by atoms with Crippen molar-refractivity contribution in [3.8, 4) is 0 Å². The van der Waals surface area contributed by atoms with Gasteiger partial charge in [0.1, 0.15) is 11.1 Å². The van der Waals surface area contributed by atoms with Gasteiger partial charge in [0.2, 0.25) is 0 Å². The molecule has 1 aliphatic carbocycles. The number of unbranched alkanes of at least 4 members (excludes halogenated alkanes) is 1. The molecule has 1 saturated carbocycles. The van der Waals surface area contributed by atoms with E-state index in [0.29, 0.717) is 35.4 Å². The molecular weight excluding hydrogens is 489 g/mol. The van der Waals surface area contributed by atoms with Crippen LogP contribution in [0.25, 0.3) is 11.1 Å². The van der Waals surface area contributed by atoms with Crippen molar-refractivity contribution in [2.24, 2.45) is 0 Å². The summed E-state index contributed by atoms with van der Waals surface area (Å²) in [6.07, 6.45) is 4.65. The van der Waals surface area contributed by atoms with E-state index < -0.39 is 23.3 Å². The monoisotopic (exact) mass is 515 g/mol. The van der Waals surface area contributed by atoms with Gasteiger partial charge in [-0.15, -0.1) is 0 Å². The molecule has 0 unspecified atom stereocenters. The first-order chi connectivity index (χ1) is 16.8. The molecule has 1 heterocycles. The topological polar surface area (TPSA) is 92.5 Å².